The molecular weight excluding hydrogens is 210 g/mol. The van der Waals surface area contributed by atoms with Crippen molar-refractivity contribution in [1.82, 2.24) is 10.4 Å². The van der Waals surface area contributed by atoms with Crippen LogP contribution in [-0.4, -0.2) is 16.1 Å². The van der Waals surface area contributed by atoms with Gasteiger partial charge in [0.25, 0.3) is 0 Å². The number of nitrogens with one attached hydrogen (secondary N) is 1. The number of nitrogens with zero attached hydrogens (tertiary/aromatic N) is 1. The molecule has 82 valence electrons. The van der Waals surface area contributed by atoms with E-state index < -0.39 is 0 Å². The number of nitrogens with two attached hydrogens (primary N) is 1. The SMILES string of the molecule is Cc1cc(C)nc(SC(C)C(=O)NN)c1. The summed E-state index contributed by atoms with van der Waals surface area (Å²) < 4.78 is 0. The molecule has 0 spiro atoms. The molecule has 1 unspecified atom stereocenters. The fourth-order valence-electron chi connectivity index (χ4n) is 1.22. The van der Waals surface area contributed by atoms with Crippen molar-refractivity contribution in [3.8, 4) is 0 Å². The summed E-state index contributed by atoms with van der Waals surface area (Å²) >= 11 is 1.40. The smallest absolute Gasteiger partial charge is 0.247 e. The monoisotopic (exact) mass is 225 g/mol. The van der Waals surface area contributed by atoms with Crippen LogP contribution in [0.3, 0.4) is 0 Å². The summed E-state index contributed by atoms with van der Waals surface area (Å²) in [6.07, 6.45) is 0. The van der Waals surface area contributed by atoms with Crippen molar-refractivity contribution in [3.63, 3.8) is 0 Å². The van der Waals surface area contributed by atoms with Crippen molar-refractivity contribution in [2.45, 2.75) is 31.0 Å². The van der Waals surface area contributed by atoms with Gasteiger partial charge in [0.05, 0.1) is 10.3 Å². The Morgan fingerprint density at radius 1 is 1.53 bits per heavy atom. The molecule has 5 heteroatoms. The van der Waals surface area contributed by atoms with Gasteiger partial charge in [-0.15, -0.1) is 0 Å². The van der Waals surface area contributed by atoms with E-state index in [2.05, 4.69) is 10.4 Å². The maximum Gasteiger partial charge on any atom is 0.247 e. The Morgan fingerprint density at radius 2 is 2.20 bits per heavy atom. The topological polar surface area (TPSA) is 68.0 Å². The van der Waals surface area contributed by atoms with Crippen LogP contribution in [0, 0.1) is 13.8 Å². The molecule has 4 nitrogen and oxygen atoms in total. The van der Waals surface area contributed by atoms with Crippen molar-refractivity contribution < 1.29 is 4.79 Å². The van der Waals surface area contributed by atoms with Gasteiger partial charge < -0.3 is 0 Å². The van der Waals surface area contributed by atoms with Crippen molar-refractivity contribution in [3.05, 3.63) is 23.4 Å². The van der Waals surface area contributed by atoms with Gasteiger partial charge in [-0.1, -0.05) is 11.8 Å². The molecular formula is C10H15N3OS. The minimum atomic E-state index is -0.233. The highest BCUT2D eigenvalue weighted by molar-refractivity contribution is 8.00. The predicted molar refractivity (Wildman–Crippen MR) is 61.4 cm³/mol. The standard InChI is InChI=1S/C10H15N3OS/c1-6-4-7(2)12-9(5-6)15-8(3)10(14)13-11/h4-5,8H,11H2,1-3H3,(H,13,14). The summed E-state index contributed by atoms with van der Waals surface area (Å²) in [5.74, 6) is 4.86. The molecule has 0 fully saturated rings. The molecule has 1 heterocycles. The van der Waals surface area contributed by atoms with Crippen molar-refractivity contribution >= 4 is 17.7 Å². The number of amides is 1. The number of carbonyl (C=O) groups is 1. The lowest BCUT2D eigenvalue weighted by atomic mass is 10.3. The number of pyridine rings is 1. The van der Waals surface area contributed by atoms with E-state index in [1.165, 1.54) is 11.8 Å². The van der Waals surface area contributed by atoms with Crippen LogP contribution in [0.5, 0.6) is 0 Å². The van der Waals surface area contributed by atoms with Crippen LogP contribution in [0.2, 0.25) is 0 Å². The summed E-state index contributed by atoms with van der Waals surface area (Å²) in [5, 5.41) is 0.618. The number of aryl methyl sites for hydroxylation is 2. The summed E-state index contributed by atoms with van der Waals surface area (Å²) in [7, 11) is 0. The highest BCUT2D eigenvalue weighted by Crippen LogP contribution is 2.22. The lowest BCUT2D eigenvalue weighted by molar-refractivity contribution is -0.120. The number of thioether (sulfide) groups is 1. The molecule has 0 saturated carbocycles. The second-order valence-electron chi connectivity index (χ2n) is 3.39. The lowest BCUT2D eigenvalue weighted by Gasteiger charge is -2.09. The van der Waals surface area contributed by atoms with Crippen molar-refractivity contribution in [1.29, 1.82) is 0 Å². The number of rotatable bonds is 3. The van der Waals surface area contributed by atoms with Gasteiger partial charge in [0.15, 0.2) is 0 Å². The van der Waals surface area contributed by atoms with E-state index in [0.717, 1.165) is 16.3 Å². The lowest BCUT2D eigenvalue weighted by Crippen LogP contribution is -2.36. The van der Waals surface area contributed by atoms with Gasteiger partial charge in [-0.05, 0) is 38.5 Å². The van der Waals surface area contributed by atoms with E-state index in [9.17, 15) is 4.79 Å². The molecule has 0 saturated heterocycles. The molecule has 1 rings (SSSR count). The van der Waals surface area contributed by atoms with Crippen LogP contribution in [0.1, 0.15) is 18.2 Å². The first-order valence-corrected chi connectivity index (χ1v) is 5.53. The third kappa shape index (κ3) is 3.53. The third-order valence-electron chi connectivity index (χ3n) is 1.88. The van der Waals surface area contributed by atoms with E-state index in [0.29, 0.717) is 0 Å². The van der Waals surface area contributed by atoms with E-state index in [1.54, 1.807) is 6.92 Å². The van der Waals surface area contributed by atoms with Gasteiger partial charge in [-0.2, -0.15) is 0 Å². The van der Waals surface area contributed by atoms with Gasteiger partial charge in [0.1, 0.15) is 0 Å². The molecule has 0 aromatic carbocycles. The van der Waals surface area contributed by atoms with Gasteiger partial charge in [-0.3, -0.25) is 10.2 Å². The highest BCUT2D eigenvalue weighted by atomic mass is 32.2. The summed E-state index contributed by atoms with van der Waals surface area (Å²) in [6.45, 7) is 5.74. The molecule has 0 radical (unpaired) electrons. The largest absolute Gasteiger partial charge is 0.293 e. The van der Waals surface area contributed by atoms with E-state index in [-0.39, 0.29) is 11.2 Å². The predicted octanol–water partition coefficient (Wildman–Crippen LogP) is 1.17. The number of hydrogen-bond acceptors (Lipinski definition) is 4. The minimum Gasteiger partial charge on any atom is -0.293 e. The fraction of sp³-hybridized carbons (Fsp3) is 0.400. The van der Waals surface area contributed by atoms with Gasteiger partial charge >= 0.3 is 0 Å². The van der Waals surface area contributed by atoms with Crippen molar-refractivity contribution in [2.24, 2.45) is 5.84 Å². The Morgan fingerprint density at radius 3 is 2.73 bits per heavy atom. The molecule has 0 aliphatic rings. The van der Waals surface area contributed by atoms with Crippen LogP contribution >= 0.6 is 11.8 Å². The number of aromatic nitrogens is 1. The maximum absolute atomic E-state index is 11.2. The molecule has 1 atom stereocenters. The van der Waals surface area contributed by atoms with Crippen LogP contribution < -0.4 is 11.3 Å². The Balaban J connectivity index is 2.76. The van der Waals surface area contributed by atoms with Gasteiger partial charge in [0.2, 0.25) is 5.91 Å². The molecule has 0 aliphatic heterocycles. The zero-order valence-electron chi connectivity index (χ0n) is 9.07. The zero-order valence-corrected chi connectivity index (χ0v) is 9.89. The van der Waals surface area contributed by atoms with Gasteiger partial charge in [-0.25, -0.2) is 10.8 Å². The first-order valence-electron chi connectivity index (χ1n) is 4.65. The Kier molecular flexibility index (Phi) is 4.11. The van der Waals surface area contributed by atoms with Crippen LogP contribution in [0.15, 0.2) is 17.2 Å². The normalized spacial score (nSPS) is 12.3. The van der Waals surface area contributed by atoms with Crippen LogP contribution in [0.25, 0.3) is 0 Å². The fourth-order valence-corrected chi connectivity index (χ4v) is 2.20. The number of hydrazine groups is 1. The molecule has 1 aromatic rings. The molecule has 0 bridgehead atoms. The number of carbonyl (C=O) groups excluding carboxylic acids is 1. The molecule has 3 N–H and O–H groups in total. The number of hydrogen-bond donors (Lipinski definition) is 2. The second kappa shape index (κ2) is 5.14. The average Bonchev–Trinajstić information content (AvgIpc) is 2.14. The summed E-state index contributed by atoms with van der Waals surface area (Å²) in [5.41, 5.74) is 4.23. The first-order chi connectivity index (χ1) is 7.02. The Hall–Kier alpha value is -1.07. The van der Waals surface area contributed by atoms with Crippen LogP contribution in [-0.2, 0) is 4.79 Å². The Labute approximate surface area is 93.6 Å². The molecule has 0 aliphatic carbocycles. The minimum absolute atomic E-state index is 0.194. The van der Waals surface area contributed by atoms with Crippen LogP contribution in [0.4, 0.5) is 0 Å². The summed E-state index contributed by atoms with van der Waals surface area (Å²) in [4.78, 5) is 15.5. The molecule has 1 amide bonds. The van der Waals surface area contributed by atoms with E-state index >= 15 is 0 Å². The second-order valence-corrected chi connectivity index (χ2v) is 4.75. The van der Waals surface area contributed by atoms with E-state index in [4.69, 9.17) is 5.84 Å². The average molecular weight is 225 g/mol. The van der Waals surface area contributed by atoms with Gasteiger partial charge in [0, 0.05) is 5.69 Å². The summed E-state index contributed by atoms with van der Waals surface area (Å²) in [6, 6.07) is 3.95. The zero-order chi connectivity index (χ0) is 11.4. The first kappa shape index (κ1) is 12.0. The van der Waals surface area contributed by atoms with Crippen molar-refractivity contribution in [2.75, 3.05) is 0 Å². The maximum atomic E-state index is 11.2. The third-order valence-corrected chi connectivity index (χ3v) is 2.90. The van der Waals surface area contributed by atoms with E-state index in [1.807, 2.05) is 26.0 Å². The highest BCUT2D eigenvalue weighted by Gasteiger charge is 2.13. The quantitative estimate of drug-likeness (QED) is 0.351. The molecule has 15 heavy (non-hydrogen) atoms. The molecule has 1 aromatic heterocycles. The Bertz CT molecular complexity index is 347.